The van der Waals surface area contributed by atoms with Gasteiger partial charge in [0, 0.05) is 5.75 Å². The highest BCUT2D eigenvalue weighted by Gasteiger charge is 2.15. The quantitative estimate of drug-likeness (QED) is 0.721. The SMILES string of the molecule is CC.CC(C)COC1=C(C#N)CSC1. The summed E-state index contributed by atoms with van der Waals surface area (Å²) in [4.78, 5) is 0. The molecule has 0 aliphatic carbocycles. The summed E-state index contributed by atoms with van der Waals surface area (Å²) in [6.45, 7) is 8.93. The number of nitrogens with zero attached hydrogens (tertiary/aromatic N) is 1. The number of nitriles is 1. The summed E-state index contributed by atoms with van der Waals surface area (Å²) in [7, 11) is 0. The predicted octanol–water partition coefficient (Wildman–Crippen LogP) is 3.21. The predicted molar refractivity (Wildman–Crippen MR) is 62.1 cm³/mol. The highest BCUT2D eigenvalue weighted by atomic mass is 32.2. The Bertz CT molecular complexity index is 228. The maximum Gasteiger partial charge on any atom is 0.120 e. The monoisotopic (exact) mass is 213 g/mol. The van der Waals surface area contributed by atoms with Gasteiger partial charge in [-0.25, -0.2) is 0 Å². The van der Waals surface area contributed by atoms with Gasteiger partial charge in [-0.3, -0.25) is 0 Å². The molecule has 0 aromatic heterocycles. The Morgan fingerprint density at radius 1 is 1.43 bits per heavy atom. The van der Waals surface area contributed by atoms with Crippen LogP contribution in [-0.4, -0.2) is 18.1 Å². The molecule has 1 aliphatic rings. The van der Waals surface area contributed by atoms with E-state index >= 15 is 0 Å². The zero-order valence-electron chi connectivity index (χ0n) is 9.46. The number of hydrogen-bond donors (Lipinski definition) is 0. The van der Waals surface area contributed by atoms with E-state index in [1.165, 1.54) is 0 Å². The molecule has 0 N–H and O–H groups in total. The first-order chi connectivity index (χ1) is 6.74. The van der Waals surface area contributed by atoms with E-state index in [9.17, 15) is 0 Å². The first-order valence-electron chi connectivity index (χ1n) is 5.06. The van der Waals surface area contributed by atoms with Crippen LogP contribution < -0.4 is 0 Å². The molecule has 0 unspecified atom stereocenters. The van der Waals surface area contributed by atoms with Crippen molar-refractivity contribution < 1.29 is 4.74 Å². The Balaban J connectivity index is 0.000000791. The van der Waals surface area contributed by atoms with Gasteiger partial charge in [0.2, 0.25) is 0 Å². The van der Waals surface area contributed by atoms with E-state index in [-0.39, 0.29) is 0 Å². The fraction of sp³-hybridized carbons (Fsp3) is 0.727. The highest BCUT2D eigenvalue weighted by molar-refractivity contribution is 7.99. The van der Waals surface area contributed by atoms with Crippen molar-refractivity contribution in [1.29, 1.82) is 5.26 Å². The van der Waals surface area contributed by atoms with Crippen molar-refractivity contribution >= 4 is 11.8 Å². The van der Waals surface area contributed by atoms with Gasteiger partial charge in [0.25, 0.3) is 0 Å². The molecule has 0 saturated heterocycles. The summed E-state index contributed by atoms with van der Waals surface area (Å²) in [5.41, 5.74) is 0.820. The fourth-order valence-corrected chi connectivity index (χ4v) is 1.88. The van der Waals surface area contributed by atoms with Gasteiger partial charge in [0.15, 0.2) is 0 Å². The molecule has 0 aromatic rings. The topological polar surface area (TPSA) is 33.0 Å². The van der Waals surface area contributed by atoms with Gasteiger partial charge in [0.05, 0.1) is 24.0 Å². The van der Waals surface area contributed by atoms with E-state index in [1.54, 1.807) is 11.8 Å². The van der Waals surface area contributed by atoms with E-state index in [2.05, 4.69) is 19.9 Å². The summed E-state index contributed by atoms with van der Waals surface area (Å²) in [6, 6.07) is 2.17. The van der Waals surface area contributed by atoms with E-state index in [0.717, 1.165) is 29.4 Å². The van der Waals surface area contributed by atoms with Gasteiger partial charge < -0.3 is 4.74 Å². The second kappa shape index (κ2) is 7.75. The van der Waals surface area contributed by atoms with Crippen LogP contribution in [0.4, 0.5) is 0 Å². The minimum Gasteiger partial charge on any atom is -0.496 e. The molecule has 0 aromatic carbocycles. The normalized spacial score (nSPS) is 14.9. The largest absolute Gasteiger partial charge is 0.496 e. The minimum absolute atomic E-state index is 0.531. The maximum atomic E-state index is 8.70. The highest BCUT2D eigenvalue weighted by Crippen LogP contribution is 2.24. The molecule has 2 nitrogen and oxygen atoms in total. The molecule has 0 radical (unpaired) electrons. The molecule has 0 amide bonds. The van der Waals surface area contributed by atoms with Crippen LogP contribution in [0.25, 0.3) is 0 Å². The van der Waals surface area contributed by atoms with E-state index in [0.29, 0.717) is 5.92 Å². The molecule has 80 valence electrons. The molecule has 0 spiro atoms. The van der Waals surface area contributed by atoms with Gasteiger partial charge in [-0.1, -0.05) is 27.7 Å². The summed E-state index contributed by atoms with van der Waals surface area (Å²) >= 11 is 1.74. The zero-order chi connectivity index (χ0) is 11.0. The average Bonchev–Trinajstić information content (AvgIpc) is 2.65. The third-order valence-electron chi connectivity index (χ3n) is 1.54. The van der Waals surface area contributed by atoms with Crippen LogP contribution in [-0.2, 0) is 4.74 Å². The first-order valence-corrected chi connectivity index (χ1v) is 6.22. The molecular weight excluding hydrogens is 194 g/mol. The van der Waals surface area contributed by atoms with Crippen molar-refractivity contribution in [2.45, 2.75) is 27.7 Å². The molecule has 3 heteroatoms. The molecule has 0 bridgehead atoms. The van der Waals surface area contributed by atoms with Gasteiger partial charge in [-0.05, 0) is 5.92 Å². The summed E-state index contributed by atoms with van der Waals surface area (Å²) in [6.07, 6.45) is 0. The third-order valence-corrected chi connectivity index (χ3v) is 2.50. The van der Waals surface area contributed by atoms with E-state index < -0.39 is 0 Å². The van der Waals surface area contributed by atoms with Crippen LogP contribution >= 0.6 is 11.8 Å². The average molecular weight is 213 g/mol. The van der Waals surface area contributed by atoms with Crippen LogP contribution in [0.15, 0.2) is 11.3 Å². The number of thioether (sulfide) groups is 1. The first kappa shape index (κ1) is 13.4. The number of rotatable bonds is 3. The van der Waals surface area contributed by atoms with Crippen molar-refractivity contribution in [2.24, 2.45) is 5.92 Å². The van der Waals surface area contributed by atoms with Crippen molar-refractivity contribution in [1.82, 2.24) is 0 Å². The van der Waals surface area contributed by atoms with Crippen LogP contribution in [0.3, 0.4) is 0 Å². The number of ether oxygens (including phenoxy) is 1. The van der Waals surface area contributed by atoms with Gasteiger partial charge in [-0.15, -0.1) is 11.8 Å². The standard InChI is InChI=1S/C9H13NOS.C2H6/c1-7(2)4-11-9-6-12-5-8(9)3-10;1-2/h7H,4-6H2,1-2H3;1-2H3. The molecule has 14 heavy (non-hydrogen) atoms. The molecule has 0 saturated carbocycles. The molecular formula is C11H19NOS. The number of hydrogen-bond acceptors (Lipinski definition) is 3. The van der Waals surface area contributed by atoms with Gasteiger partial charge >= 0.3 is 0 Å². The molecule has 1 rings (SSSR count). The summed E-state index contributed by atoms with van der Waals surface area (Å²) in [5.74, 6) is 3.12. The van der Waals surface area contributed by atoms with Crippen molar-refractivity contribution in [2.75, 3.05) is 18.1 Å². The molecule has 1 aliphatic heterocycles. The summed E-state index contributed by atoms with van der Waals surface area (Å²) < 4.78 is 5.50. The lowest BCUT2D eigenvalue weighted by Gasteiger charge is -2.08. The smallest absolute Gasteiger partial charge is 0.120 e. The second-order valence-corrected chi connectivity index (χ2v) is 4.20. The molecule has 1 heterocycles. The van der Waals surface area contributed by atoms with E-state index in [1.807, 2.05) is 13.8 Å². The minimum atomic E-state index is 0.531. The van der Waals surface area contributed by atoms with Crippen LogP contribution in [0.1, 0.15) is 27.7 Å². The van der Waals surface area contributed by atoms with Gasteiger partial charge in [0.1, 0.15) is 5.76 Å². The summed E-state index contributed by atoms with van der Waals surface area (Å²) in [5, 5.41) is 8.70. The van der Waals surface area contributed by atoms with Crippen molar-refractivity contribution in [3.8, 4) is 6.07 Å². The van der Waals surface area contributed by atoms with Crippen LogP contribution in [0.2, 0.25) is 0 Å². The Kier molecular flexibility index (Phi) is 7.41. The van der Waals surface area contributed by atoms with Gasteiger partial charge in [-0.2, -0.15) is 5.26 Å². The van der Waals surface area contributed by atoms with Crippen LogP contribution in [0, 0.1) is 17.2 Å². The zero-order valence-corrected chi connectivity index (χ0v) is 10.3. The third kappa shape index (κ3) is 4.57. The Morgan fingerprint density at radius 2 is 2.07 bits per heavy atom. The lowest BCUT2D eigenvalue weighted by atomic mass is 10.2. The van der Waals surface area contributed by atoms with Crippen molar-refractivity contribution in [3.05, 3.63) is 11.3 Å². The Morgan fingerprint density at radius 3 is 2.57 bits per heavy atom. The fourth-order valence-electron chi connectivity index (χ4n) is 0.904. The Hall–Kier alpha value is -0.620. The van der Waals surface area contributed by atoms with E-state index in [4.69, 9.17) is 10.00 Å². The molecule has 0 atom stereocenters. The Labute approximate surface area is 91.3 Å². The lowest BCUT2D eigenvalue weighted by molar-refractivity contribution is 0.181. The van der Waals surface area contributed by atoms with Crippen molar-refractivity contribution in [3.63, 3.8) is 0 Å². The molecule has 0 fully saturated rings. The maximum absolute atomic E-state index is 8.70. The second-order valence-electron chi connectivity index (χ2n) is 3.21. The lowest BCUT2D eigenvalue weighted by Crippen LogP contribution is -2.03. The van der Waals surface area contributed by atoms with Crippen LogP contribution in [0.5, 0.6) is 0 Å².